The van der Waals surface area contributed by atoms with Gasteiger partial charge in [0.05, 0.1) is 34.8 Å². The lowest BCUT2D eigenvalue weighted by molar-refractivity contribution is 0.243. The zero-order chi connectivity index (χ0) is 23.5. The van der Waals surface area contributed by atoms with E-state index in [1.54, 1.807) is 6.20 Å². The summed E-state index contributed by atoms with van der Waals surface area (Å²) < 4.78 is 0.815. The third kappa shape index (κ3) is 5.20. The molecular weight excluding hydrogens is 514 g/mol. The van der Waals surface area contributed by atoms with Crippen LogP contribution in [0.1, 0.15) is 29.8 Å². The number of hydrogen-bond donors (Lipinski definition) is 2. The van der Waals surface area contributed by atoms with E-state index in [4.69, 9.17) is 16.6 Å². The van der Waals surface area contributed by atoms with Crippen LogP contribution in [-0.2, 0) is 12.8 Å². The molecule has 0 aliphatic carbocycles. The van der Waals surface area contributed by atoms with Gasteiger partial charge in [-0.3, -0.25) is 4.98 Å². The van der Waals surface area contributed by atoms with Gasteiger partial charge >= 0.3 is 0 Å². The van der Waals surface area contributed by atoms with Crippen molar-refractivity contribution in [3.63, 3.8) is 0 Å². The Morgan fingerprint density at radius 3 is 2.79 bits per heavy atom. The number of fused-ring (bicyclic) bond motifs is 1. The first kappa shape index (κ1) is 23.5. The quantitative estimate of drug-likeness (QED) is 0.441. The van der Waals surface area contributed by atoms with Crippen molar-refractivity contribution in [1.82, 2.24) is 25.2 Å². The van der Waals surface area contributed by atoms with Gasteiger partial charge in [0.25, 0.3) is 0 Å². The Morgan fingerprint density at radius 1 is 1.18 bits per heavy atom. The topological polar surface area (TPSA) is 69.2 Å². The Hall–Kier alpha value is -2.26. The van der Waals surface area contributed by atoms with Crippen LogP contribution in [-0.4, -0.2) is 59.1 Å². The maximum atomic E-state index is 6.54. The van der Waals surface area contributed by atoms with Gasteiger partial charge in [-0.15, -0.1) is 0 Å². The molecule has 2 aliphatic heterocycles. The summed E-state index contributed by atoms with van der Waals surface area (Å²) in [5, 5.41) is 7.71. The van der Waals surface area contributed by atoms with Crippen LogP contribution in [0.3, 0.4) is 0 Å². The Morgan fingerprint density at radius 2 is 2.03 bits per heavy atom. The lowest BCUT2D eigenvalue weighted by Crippen LogP contribution is -2.44. The molecule has 1 unspecified atom stereocenters. The predicted molar refractivity (Wildman–Crippen MR) is 141 cm³/mol. The number of rotatable bonds is 6. The zero-order valence-corrected chi connectivity index (χ0v) is 21.6. The molecule has 9 heteroatoms. The molecule has 1 saturated heterocycles. The van der Waals surface area contributed by atoms with Gasteiger partial charge in [-0.25, -0.2) is 9.97 Å². The number of hydrogen-bond acceptors (Lipinski definition) is 7. The highest BCUT2D eigenvalue weighted by molar-refractivity contribution is 9.10. The summed E-state index contributed by atoms with van der Waals surface area (Å²) in [7, 11) is 0. The average molecular weight is 543 g/mol. The molecule has 2 N–H and O–H groups in total. The van der Waals surface area contributed by atoms with Crippen LogP contribution >= 0.6 is 27.5 Å². The van der Waals surface area contributed by atoms with Crippen molar-refractivity contribution in [1.29, 1.82) is 0 Å². The molecular formula is C25H29BrClN7. The Bertz CT molecular complexity index is 1130. The molecule has 0 radical (unpaired) electrons. The molecule has 1 fully saturated rings. The van der Waals surface area contributed by atoms with Gasteiger partial charge in [-0.1, -0.05) is 11.6 Å². The summed E-state index contributed by atoms with van der Waals surface area (Å²) in [5.41, 5.74) is 5.58. The maximum Gasteiger partial charge on any atom is 0.134 e. The van der Waals surface area contributed by atoms with Gasteiger partial charge in [0.1, 0.15) is 10.4 Å². The highest BCUT2D eigenvalue weighted by Gasteiger charge is 2.29. The second-order valence-corrected chi connectivity index (χ2v) is 10.0. The van der Waals surface area contributed by atoms with Gasteiger partial charge in [-0.2, -0.15) is 0 Å². The highest BCUT2D eigenvalue weighted by atomic mass is 79.9. The van der Waals surface area contributed by atoms with Crippen LogP contribution in [0.25, 0.3) is 0 Å². The van der Waals surface area contributed by atoms with E-state index in [0.717, 1.165) is 84.6 Å². The van der Waals surface area contributed by atoms with Crippen molar-refractivity contribution in [3.8, 4) is 0 Å². The predicted octanol–water partition coefficient (Wildman–Crippen LogP) is 4.60. The Kier molecular flexibility index (Phi) is 7.29. The molecule has 34 heavy (non-hydrogen) atoms. The van der Waals surface area contributed by atoms with Crippen LogP contribution in [0, 0.1) is 0 Å². The van der Waals surface area contributed by atoms with Crippen molar-refractivity contribution >= 4 is 44.7 Å². The molecule has 5 rings (SSSR count). The standard InChI is InChI=1S/C25H29BrClN7/c1-17-21-14-18(5-10-33-12-8-28-9-13-33)31-25(32-19-2-3-24(26)30-15-19)20(21)6-11-34(17)23-16-29-7-4-22(23)27/h2-4,7,14-17,28H,5-6,8-13H2,1H3,(H,31,32). The van der Waals surface area contributed by atoms with E-state index < -0.39 is 0 Å². The smallest absolute Gasteiger partial charge is 0.134 e. The molecule has 0 spiro atoms. The van der Waals surface area contributed by atoms with Crippen molar-refractivity contribution in [2.75, 3.05) is 49.5 Å². The van der Waals surface area contributed by atoms with E-state index in [0.29, 0.717) is 0 Å². The van der Waals surface area contributed by atoms with Crippen molar-refractivity contribution in [2.45, 2.75) is 25.8 Å². The molecule has 2 aliphatic rings. The minimum absolute atomic E-state index is 0.162. The van der Waals surface area contributed by atoms with Gasteiger partial charge < -0.3 is 20.4 Å². The Labute approximate surface area is 214 Å². The zero-order valence-electron chi connectivity index (χ0n) is 19.3. The molecule has 7 nitrogen and oxygen atoms in total. The molecule has 0 aromatic carbocycles. The van der Waals surface area contributed by atoms with Crippen molar-refractivity contribution in [3.05, 3.63) is 69.3 Å². The van der Waals surface area contributed by atoms with Gasteiger partial charge in [0.2, 0.25) is 0 Å². The van der Waals surface area contributed by atoms with Crippen LogP contribution in [0.5, 0.6) is 0 Å². The molecule has 0 amide bonds. The van der Waals surface area contributed by atoms with Crippen LogP contribution in [0.2, 0.25) is 5.02 Å². The summed E-state index contributed by atoms with van der Waals surface area (Å²) in [5.74, 6) is 0.931. The number of nitrogens with zero attached hydrogens (tertiary/aromatic N) is 5. The third-order valence-electron chi connectivity index (χ3n) is 6.67. The van der Waals surface area contributed by atoms with E-state index >= 15 is 0 Å². The first-order valence-electron chi connectivity index (χ1n) is 11.8. The van der Waals surface area contributed by atoms with Gasteiger partial charge in [-0.05, 0) is 59.1 Å². The number of halogens is 2. The number of aromatic nitrogens is 3. The molecule has 0 bridgehead atoms. The summed E-state index contributed by atoms with van der Waals surface area (Å²) in [4.78, 5) is 18.6. The Balaban J connectivity index is 1.47. The number of nitrogens with one attached hydrogen (secondary N) is 2. The van der Waals surface area contributed by atoms with E-state index in [2.05, 4.69) is 59.3 Å². The van der Waals surface area contributed by atoms with Crippen LogP contribution < -0.4 is 15.5 Å². The first-order valence-corrected chi connectivity index (χ1v) is 13.0. The average Bonchev–Trinajstić information content (AvgIpc) is 2.86. The largest absolute Gasteiger partial charge is 0.362 e. The third-order valence-corrected chi connectivity index (χ3v) is 7.46. The number of piperazine rings is 1. The minimum Gasteiger partial charge on any atom is -0.362 e. The van der Waals surface area contributed by atoms with Gasteiger partial charge in [0.15, 0.2) is 0 Å². The van der Waals surface area contributed by atoms with E-state index in [9.17, 15) is 0 Å². The van der Waals surface area contributed by atoms with Crippen LogP contribution in [0.4, 0.5) is 17.2 Å². The van der Waals surface area contributed by atoms with Crippen molar-refractivity contribution < 1.29 is 0 Å². The van der Waals surface area contributed by atoms with E-state index in [1.807, 2.05) is 30.6 Å². The number of anilines is 3. The van der Waals surface area contributed by atoms with E-state index in [1.165, 1.54) is 11.1 Å². The highest BCUT2D eigenvalue weighted by Crippen LogP contribution is 2.39. The fourth-order valence-electron chi connectivity index (χ4n) is 4.81. The lowest BCUT2D eigenvalue weighted by Gasteiger charge is -2.38. The van der Waals surface area contributed by atoms with Crippen LogP contribution in [0.15, 0.2) is 47.5 Å². The minimum atomic E-state index is 0.162. The monoisotopic (exact) mass is 541 g/mol. The fourth-order valence-corrected chi connectivity index (χ4v) is 5.26. The lowest BCUT2D eigenvalue weighted by atomic mass is 9.92. The molecule has 5 heterocycles. The SMILES string of the molecule is CC1c2cc(CCN3CCNCC3)nc(Nc3ccc(Br)nc3)c2CCN1c1cnccc1Cl. The number of pyridine rings is 3. The molecule has 0 saturated carbocycles. The van der Waals surface area contributed by atoms with Crippen molar-refractivity contribution in [2.24, 2.45) is 0 Å². The first-order chi connectivity index (χ1) is 16.6. The summed E-state index contributed by atoms with van der Waals surface area (Å²) >= 11 is 9.96. The normalized spacial score (nSPS) is 18.6. The second-order valence-electron chi connectivity index (χ2n) is 8.81. The maximum absolute atomic E-state index is 6.54. The van der Waals surface area contributed by atoms with Gasteiger partial charge in [0, 0.05) is 63.1 Å². The summed E-state index contributed by atoms with van der Waals surface area (Å²) in [6.07, 6.45) is 7.23. The molecule has 3 aromatic rings. The molecule has 1 atom stereocenters. The second kappa shape index (κ2) is 10.6. The summed E-state index contributed by atoms with van der Waals surface area (Å²) in [6.45, 7) is 8.40. The summed E-state index contributed by atoms with van der Waals surface area (Å²) in [6, 6.07) is 8.28. The fraction of sp³-hybridized carbons (Fsp3) is 0.400. The van der Waals surface area contributed by atoms with E-state index in [-0.39, 0.29) is 6.04 Å². The molecule has 178 valence electrons. The molecule has 3 aromatic heterocycles.